The number of hydrogen-bond donors (Lipinski definition) is 0. The van der Waals surface area contributed by atoms with E-state index in [0.717, 1.165) is 5.56 Å². The van der Waals surface area contributed by atoms with Crippen LogP contribution in [0.4, 0.5) is 0 Å². The van der Waals surface area contributed by atoms with Gasteiger partial charge in [0.15, 0.2) is 5.43 Å². The zero-order valence-corrected chi connectivity index (χ0v) is 13.1. The van der Waals surface area contributed by atoms with Crippen LogP contribution in [0.1, 0.15) is 13.3 Å². The summed E-state index contributed by atoms with van der Waals surface area (Å²) >= 11 is 5.86. The molecule has 23 heavy (non-hydrogen) atoms. The maximum atomic E-state index is 12.6. The topological polar surface area (TPSA) is 56.5 Å². The largest absolute Gasteiger partial charge is 0.463 e. The fourth-order valence-corrected chi connectivity index (χ4v) is 2.33. The van der Waals surface area contributed by atoms with Gasteiger partial charge in [-0.25, -0.2) is 0 Å². The maximum absolute atomic E-state index is 12.6. The lowest BCUT2D eigenvalue weighted by molar-refractivity contribution is -0.134. The van der Waals surface area contributed by atoms with Crippen molar-refractivity contribution in [1.82, 2.24) is 0 Å². The summed E-state index contributed by atoms with van der Waals surface area (Å²) in [5.74, 6) is 0.0104. The van der Waals surface area contributed by atoms with E-state index in [4.69, 9.17) is 20.8 Å². The van der Waals surface area contributed by atoms with Crippen LogP contribution in [0.3, 0.4) is 0 Å². The third-order valence-corrected chi connectivity index (χ3v) is 3.67. The van der Waals surface area contributed by atoms with Crippen LogP contribution >= 0.6 is 11.6 Å². The highest BCUT2D eigenvalue weighted by molar-refractivity contribution is 6.30. The average molecular weight is 329 g/mol. The second-order valence-electron chi connectivity index (χ2n) is 4.97. The second kappa shape index (κ2) is 6.26. The zero-order valence-electron chi connectivity index (χ0n) is 12.3. The number of esters is 1. The van der Waals surface area contributed by atoms with Crippen LogP contribution < -0.4 is 10.2 Å². The zero-order chi connectivity index (χ0) is 16.4. The number of hydrogen-bond acceptors (Lipinski definition) is 4. The summed E-state index contributed by atoms with van der Waals surface area (Å²) in [5.41, 5.74) is 1.40. The van der Waals surface area contributed by atoms with Crippen molar-refractivity contribution < 1.29 is 13.9 Å². The predicted octanol–water partition coefficient (Wildman–Crippen LogP) is 4.43. The van der Waals surface area contributed by atoms with Gasteiger partial charge in [-0.1, -0.05) is 30.7 Å². The Balaban J connectivity index is 2.06. The SMILES string of the molecule is CCC(=O)Oc1ccc2c(=O)c(-c3ccc(Cl)cc3)coc2c1. The van der Waals surface area contributed by atoms with E-state index in [9.17, 15) is 9.59 Å². The van der Waals surface area contributed by atoms with Gasteiger partial charge in [0.05, 0.1) is 10.9 Å². The molecule has 5 heteroatoms. The van der Waals surface area contributed by atoms with E-state index in [0.29, 0.717) is 27.3 Å². The van der Waals surface area contributed by atoms with Crippen LogP contribution in [0.25, 0.3) is 22.1 Å². The molecule has 0 aliphatic heterocycles. The van der Waals surface area contributed by atoms with Gasteiger partial charge in [-0.3, -0.25) is 9.59 Å². The Morgan fingerprint density at radius 1 is 1.17 bits per heavy atom. The molecule has 116 valence electrons. The Morgan fingerprint density at radius 2 is 1.91 bits per heavy atom. The van der Waals surface area contributed by atoms with Crippen molar-refractivity contribution in [2.45, 2.75) is 13.3 Å². The Labute approximate surface area is 137 Å². The summed E-state index contributed by atoms with van der Waals surface area (Å²) in [7, 11) is 0. The van der Waals surface area contributed by atoms with E-state index < -0.39 is 0 Å². The van der Waals surface area contributed by atoms with Gasteiger partial charge in [0.25, 0.3) is 0 Å². The molecule has 3 aromatic rings. The summed E-state index contributed by atoms with van der Waals surface area (Å²) < 4.78 is 10.7. The first-order valence-electron chi connectivity index (χ1n) is 7.10. The number of rotatable bonds is 3. The van der Waals surface area contributed by atoms with E-state index >= 15 is 0 Å². The number of carbonyl (C=O) groups is 1. The molecule has 0 aliphatic rings. The number of halogens is 1. The second-order valence-corrected chi connectivity index (χ2v) is 5.41. The molecular formula is C18H13ClO4. The van der Waals surface area contributed by atoms with Crippen molar-refractivity contribution >= 4 is 28.5 Å². The molecule has 0 atom stereocenters. The van der Waals surface area contributed by atoms with Gasteiger partial charge in [-0.05, 0) is 29.8 Å². The summed E-state index contributed by atoms with van der Waals surface area (Å²) in [6.07, 6.45) is 1.68. The van der Waals surface area contributed by atoms with Gasteiger partial charge in [0.1, 0.15) is 17.6 Å². The lowest BCUT2D eigenvalue weighted by atomic mass is 10.1. The van der Waals surface area contributed by atoms with E-state index in [1.807, 2.05) is 0 Å². The summed E-state index contributed by atoms with van der Waals surface area (Å²) in [6.45, 7) is 1.71. The fraction of sp³-hybridized carbons (Fsp3) is 0.111. The Kier molecular flexibility index (Phi) is 4.17. The lowest BCUT2D eigenvalue weighted by Crippen LogP contribution is -2.07. The van der Waals surface area contributed by atoms with Gasteiger partial charge in [0.2, 0.25) is 0 Å². The van der Waals surface area contributed by atoms with E-state index in [1.54, 1.807) is 43.3 Å². The van der Waals surface area contributed by atoms with Crippen molar-refractivity contribution in [3.8, 4) is 16.9 Å². The van der Waals surface area contributed by atoms with Crippen LogP contribution in [0.5, 0.6) is 5.75 Å². The number of fused-ring (bicyclic) bond motifs is 1. The minimum atomic E-state index is -0.343. The molecule has 4 nitrogen and oxygen atoms in total. The van der Waals surface area contributed by atoms with Gasteiger partial charge in [-0.15, -0.1) is 0 Å². The van der Waals surface area contributed by atoms with Crippen molar-refractivity contribution in [3.63, 3.8) is 0 Å². The number of ether oxygens (including phenoxy) is 1. The van der Waals surface area contributed by atoms with E-state index in [2.05, 4.69) is 0 Å². The molecule has 0 bridgehead atoms. The summed E-state index contributed by atoms with van der Waals surface area (Å²) in [4.78, 5) is 23.9. The molecule has 0 aliphatic carbocycles. The first kappa shape index (κ1) is 15.3. The lowest BCUT2D eigenvalue weighted by Gasteiger charge is -2.05. The van der Waals surface area contributed by atoms with Crippen LogP contribution in [0.2, 0.25) is 5.02 Å². The molecule has 3 rings (SSSR count). The van der Waals surface area contributed by atoms with Crippen LogP contribution in [0.15, 0.2) is 57.9 Å². The molecule has 1 heterocycles. The molecule has 0 saturated carbocycles. The molecule has 0 unspecified atom stereocenters. The molecule has 0 amide bonds. The Hall–Kier alpha value is -2.59. The minimum Gasteiger partial charge on any atom is -0.463 e. The van der Waals surface area contributed by atoms with Crippen molar-refractivity contribution in [2.24, 2.45) is 0 Å². The normalized spacial score (nSPS) is 10.7. The highest BCUT2D eigenvalue weighted by Gasteiger charge is 2.11. The van der Waals surface area contributed by atoms with Gasteiger partial charge < -0.3 is 9.15 Å². The first-order valence-corrected chi connectivity index (χ1v) is 7.48. The molecule has 0 N–H and O–H groups in total. The summed E-state index contributed by atoms with van der Waals surface area (Å²) in [6, 6.07) is 11.7. The standard InChI is InChI=1S/C18H13ClO4/c1-2-17(20)23-13-7-8-14-16(9-13)22-10-15(18(14)21)11-3-5-12(19)6-4-11/h3-10H,2H2,1H3. The summed E-state index contributed by atoms with van der Waals surface area (Å²) in [5, 5.41) is 1.02. The van der Waals surface area contributed by atoms with Gasteiger partial charge in [-0.2, -0.15) is 0 Å². The molecule has 2 aromatic carbocycles. The molecular weight excluding hydrogens is 316 g/mol. The van der Waals surface area contributed by atoms with Crippen LogP contribution in [0, 0.1) is 0 Å². The van der Waals surface area contributed by atoms with Crippen LogP contribution in [-0.2, 0) is 4.79 Å². The van der Waals surface area contributed by atoms with Crippen molar-refractivity contribution in [3.05, 3.63) is 64.0 Å². The highest BCUT2D eigenvalue weighted by Crippen LogP contribution is 2.24. The fourth-order valence-electron chi connectivity index (χ4n) is 2.20. The molecule has 0 radical (unpaired) electrons. The molecule has 0 spiro atoms. The molecule has 1 aromatic heterocycles. The third-order valence-electron chi connectivity index (χ3n) is 3.42. The predicted molar refractivity (Wildman–Crippen MR) is 88.9 cm³/mol. The van der Waals surface area contributed by atoms with Gasteiger partial charge in [0, 0.05) is 17.5 Å². The number of benzene rings is 2. The van der Waals surface area contributed by atoms with E-state index in [1.165, 1.54) is 12.3 Å². The minimum absolute atomic E-state index is 0.151. The van der Waals surface area contributed by atoms with E-state index in [-0.39, 0.29) is 17.8 Å². The highest BCUT2D eigenvalue weighted by atomic mass is 35.5. The third kappa shape index (κ3) is 3.12. The number of carbonyl (C=O) groups excluding carboxylic acids is 1. The molecule has 0 fully saturated rings. The monoisotopic (exact) mass is 328 g/mol. The quantitative estimate of drug-likeness (QED) is 0.527. The average Bonchev–Trinajstić information content (AvgIpc) is 2.56. The van der Waals surface area contributed by atoms with Crippen molar-refractivity contribution in [2.75, 3.05) is 0 Å². The van der Waals surface area contributed by atoms with Crippen LogP contribution in [-0.4, -0.2) is 5.97 Å². The Bertz CT molecular complexity index is 926. The maximum Gasteiger partial charge on any atom is 0.310 e. The van der Waals surface area contributed by atoms with Crippen molar-refractivity contribution in [1.29, 1.82) is 0 Å². The first-order chi connectivity index (χ1) is 11.1. The smallest absolute Gasteiger partial charge is 0.310 e. The Morgan fingerprint density at radius 3 is 2.61 bits per heavy atom. The molecule has 0 saturated heterocycles. The van der Waals surface area contributed by atoms with Gasteiger partial charge >= 0.3 is 5.97 Å².